The van der Waals surface area contributed by atoms with Crippen LogP contribution in [0.25, 0.3) is 0 Å². The maximum atomic E-state index is 8.50. The standard InChI is InChI=1S/C12H22O/c1-2-3-4-5-6-7-8-9-10-11-12-13/h4-5,9-10,13H,2-3,6-8,11-12H2,1H3/b5-4+,10-9+. The summed E-state index contributed by atoms with van der Waals surface area (Å²) < 4.78 is 0. The van der Waals surface area contributed by atoms with Gasteiger partial charge in [-0.05, 0) is 32.1 Å². The Morgan fingerprint density at radius 3 is 1.92 bits per heavy atom. The van der Waals surface area contributed by atoms with E-state index in [0.29, 0.717) is 0 Å². The summed E-state index contributed by atoms with van der Waals surface area (Å²) in [6.45, 7) is 2.47. The normalized spacial score (nSPS) is 11.8. The molecule has 13 heavy (non-hydrogen) atoms. The van der Waals surface area contributed by atoms with E-state index in [1.165, 1.54) is 25.7 Å². The van der Waals surface area contributed by atoms with Crippen molar-refractivity contribution in [2.45, 2.75) is 45.4 Å². The summed E-state index contributed by atoms with van der Waals surface area (Å²) in [7, 11) is 0. The molecule has 0 aromatic heterocycles. The van der Waals surface area contributed by atoms with Crippen molar-refractivity contribution in [3.63, 3.8) is 0 Å². The molecular formula is C12H22O. The summed E-state index contributed by atoms with van der Waals surface area (Å²) in [5.74, 6) is 0. The average Bonchev–Trinajstić information content (AvgIpc) is 2.16. The molecule has 0 aliphatic carbocycles. The second-order valence-corrected chi connectivity index (χ2v) is 3.17. The van der Waals surface area contributed by atoms with Gasteiger partial charge in [0.25, 0.3) is 0 Å². The molecule has 0 atom stereocenters. The second-order valence-electron chi connectivity index (χ2n) is 3.17. The summed E-state index contributed by atoms with van der Waals surface area (Å²) in [6, 6.07) is 0. The van der Waals surface area contributed by atoms with Gasteiger partial charge in [0.05, 0.1) is 0 Å². The summed E-state index contributed by atoms with van der Waals surface area (Å²) in [5.41, 5.74) is 0. The van der Waals surface area contributed by atoms with Gasteiger partial charge in [-0.3, -0.25) is 0 Å². The summed E-state index contributed by atoms with van der Waals surface area (Å²) in [5, 5.41) is 8.50. The molecule has 0 heterocycles. The molecular weight excluding hydrogens is 160 g/mol. The Bertz CT molecular complexity index is 120. The van der Waals surface area contributed by atoms with Crippen LogP contribution in [-0.4, -0.2) is 11.7 Å². The number of hydrogen-bond acceptors (Lipinski definition) is 1. The molecule has 1 heteroatoms. The molecule has 0 aromatic rings. The van der Waals surface area contributed by atoms with Crippen molar-refractivity contribution in [2.75, 3.05) is 6.61 Å². The van der Waals surface area contributed by atoms with Crippen LogP contribution in [0.2, 0.25) is 0 Å². The zero-order valence-corrected chi connectivity index (χ0v) is 8.71. The van der Waals surface area contributed by atoms with E-state index in [4.69, 9.17) is 5.11 Å². The van der Waals surface area contributed by atoms with E-state index in [9.17, 15) is 0 Å². The molecule has 0 saturated carbocycles. The van der Waals surface area contributed by atoms with Crippen molar-refractivity contribution < 1.29 is 5.11 Å². The number of rotatable bonds is 8. The fraction of sp³-hybridized carbons (Fsp3) is 0.667. The Hall–Kier alpha value is -0.560. The monoisotopic (exact) mass is 182 g/mol. The first kappa shape index (κ1) is 12.4. The molecule has 1 nitrogen and oxygen atoms in total. The molecule has 0 unspecified atom stereocenters. The second kappa shape index (κ2) is 11.4. The van der Waals surface area contributed by atoms with Crippen LogP contribution < -0.4 is 0 Å². The van der Waals surface area contributed by atoms with E-state index < -0.39 is 0 Å². The summed E-state index contributed by atoms with van der Waals surface area (Å²) in [6.07, 6.45) is 15.5. The third kappa shape index (κ3) is 11.4. The highest BCUT2D eigenvalue weighted by Crippen LogP contribution is 2.00. The van der Waals surface area contributed by atoms with Crippen LogP contribution >= 0.6 is 0 Å². The van der Waals surface area contributed by atoms with Crippen molar-refractivity contribution in [3.8, 4) is 0 Å². The highest BCUT2D eigenvalue weighted by atomic mass is 16.2. The number of aliphatic hydroxyl groups is 1. The zero-order chi connectivity index (χ0) is 9.78. The Balaban J connectivity index is 3.07. The van der Waals surface area contributed by atoms with E-state index >= 15 is 0 Å². The predicted octanol–water partition coefficient (Wildman–Crippen LogP) is 3.45. The van der Waals surface area contributed by atoms with Crippen molar-refractivity contribution in [1.29, 1.82) is 0 Å². The Morgan fingerprint density at radius 1 is 0.846 bits per heavy atom. The highest BCUT2D eigenvalue weighted by Gasteiger charge is 1.80. The summed E-state index contributed by atoms with van der Waals surface area (Å²) >= 11 is 0. The van der Waals surface area contributed by atoms with Gasteiger partial charge in [-0.15, -0.1) is 0 Å². The van der Waals surface area contributed by atoms with Gasteiger partial charge >= 0.3 is 0 Å². The van der Waals surface area contributed by atoms with Gasteiger partial charge < -0.3 is 5.11 Å². The van der Waals surface area contributed by atoms with Gasteiger partial charge in [-0.25, -0.2) is 0 Å². The Kier molecular flexibility index (Phi) is 10.9. The molecule has 0 amide bonds. The van der Waals surface area contributed by atoms with Crippen LogP contribution in [-0.2, 0) is 0 Å². The van der Waals surface area contributed by atoms with Crippen LogP contribution in [0.5, 0.6) is 0 Å². The van der Waals surface area contributed by atoms with Crippen molar-refractivity contribution in [3.05, 3.63) is 24.3 Å². The molecule has 0 aliphatic rings. The lowest BCUT2D eigenvalue weighted by molar-refractivity contribution is 0.302. The maximum Gasteiger partial charge on any atom is 0.0465 e. The van der Waals surface area contributed by atoms with Gasteiger partial charge in [0.1, 0.15) is 0 Å². The minimum Gasteiger partial charge on any atom is -0.396 e. The average molecular weight is 182 g/mol. The van der Waals surface area contributed by atoms with Crippen LogP contribution in [0.15, 0.2) is 24.3 Å². The molecule has 0 bridgehead atoms. The smallest absolute Gasteiger partial charge is 0.0465 e. The first-order valence-corrected chi connectivity index (χ1v) is 5.32. The van der Waals surface area contributed by atoms with Gasteiger partial charge in [0, 0.05) is 6.61 Å². The highest BCUT2D eigenvalue weighted by molar-refractivity contribution is 4.85. The quantitative estimate of drug-likeness (QED) is 0.450. The molecule has 0 aromatic carbocycles. The van der Waals surface area contributed by atoms with Crippen molar-refractivity contribution in [2.24, 2.45) is 0 Å². The van der Waals surface area contributed by atoms with E-state index in [1.807, 2.05) is 0 Å². The fourth-order valence-corrected chi connectivity index (χ4v) is 1.07. The van der Waals surface area contributed by atoms with Gasteiger partial charge in [0.2, 0.25) is 0 Å². The maximum absolute atomic E-state index is 8.50. The molecule has 0 rings (SSSR count). The lowest BCUT2D eigenvalue weighted by Crippen LogP contribution is -1.75. The third-order valence-electron chi connectivity index (χ3n) is 1.83. The van der Waals surface area contributed by atoms with Crippen molar-refractivity contribution >= 4 is 0 Å². The minimum absolute atomic E-state index is 0.271. The van der Waals surface area contributed by atoms with E-state index in [0.717, 1.165) is 12.8 Å². The van der Waals surface area contributed by atoms with Crippen LogP contribution in [0.1, 0.15) is 45.4 Å². The first-order valence-electron chi connectivity index (χ1n) is 5.32. The number of unbranched alkanes of at least 4 members (excludes halogenated alkanes) is 3. The number of allylic oxidation sites excluding steroid dienone is 3. The van der Waals surface area contributed by atoms with Crippen molar-refractivity contribution in [1.82, 2.24) is 0 Å². The largest absolute Gasteiger partial charge is 0.396 e. The van der Waals surface area contributed by atoms with Crippen LogP contribution in [0.4, 0.5) is 0 Å². The number of hydrogen-bond donors (Lipinski definition) is 1. The molecule has 76 valence electrons. The molecule has 1 N–H and O–H groups in total. The van der Waals surface area contributed by atoms with Gasteiger partial charge in [0.15, 0.2) is 0 Å². The first-order chi connectivity index (χ1) is 6.41. The molecule has 0 fully saturated rings. The number of aliphatic hydroxyl groups excluding tert-OH is 1. The van der Waals surface area contributed by atoms with E-state index in [2.05, 4.69) is 31.2 Å². The zero-order valence-electron chi connectivity index (χ0n) is 8.71. The van der Waals surface area contributed by atoms with Crippen LogP contribution in [0.3, 0.4) is 0 Å². The molecule has 0 saturated heterocycles. The van der Waals surface area contributed by atoms with Gasteiger partial charge in [-0.1, -0.05) is 37.6 Å². The topological polar surface area (TPSA) is 20.2 Å². The van der Waals surface area contributed by atoms with Crippen LogP contribution in [0, 0.1) is 0 Å². The lowest BCUT2D eigenvalue weighted by atomic mass is 10.2. The minimum atomic E-state index is 0.271. The molecule has 0 spiro atoms. The fourth-order valence-electron chi connectivity index (χ4n) is 1.07. The van der Waals surface area contributed by atoms with Gasteiger partial charge in [-0.2, -0.15) is 0 Å². The Morgan fingerprint density at radius 2 is 1.38 bits per heavy atom. The van der Waals surface area contributed by atoms with E-state index in [-0.39, 0.29) is 6.61 Å². The lowest BCUT2D eigenvalue weighted by Gasteiger charge is -1.90. The summed E-state index contributed by atoms with van der Waals surface area (Å²) in [4.78, 5) is 0. The SMILES string of the molecule is CCC/C=C/CCC/C=C/CCO. The Labute approximate surface area is 82.2 Å². The molecule has 0 radical (unpaired) electrons. The third-order valence-corrected chi connectivity index (χ3v) is 1.83. The predicted molar refractivity (Wildman–Crippen MR) is 58.7 cm³/mol. The van der Waals surface area contributed by atoms with E-state index in [1.54, 1.807) is 0 Å². The molecule has 0 aliphatic heterocycles.